The van der Waals surface area contributed by atoms with E-state index in [1.165, 1.54) is 18.6 Å². The Bertz CT molecular complexity index is 904. The first kappa shape index (κ1) is 19.7. The lowest BCUT2D eigenvalue weighted by Crippen LogP contribution is -2.14. The van der Waals surface area contributed by atoms with E-state index in [9.17, 15) is 10.1 Å². The summed E-state index contributed by atoms with van der Waals surface area (Å²) in [7, 11) is 0. The van der Waals surface area contributed by atoms with Gasteiger partial charge in [0.2, 0.25) is 11.5 Å². The van der Waals surface area contributed by atoms with Crippen molar-refractivity contribution in [1.29, 1.82) is 5.26 Å². The fourth-order valence-electron chi connectivity index (χ4n) is 2.96. The van der Waals surface area contributed by atoms with E-state index >= 15 is 0 Å². The highest BCUT2D eigenvalue weighted by molar-refractivity contribution is 6.51. The predicted octanol–water partition coefficient (Wildman–Crippen LogP) is 5.86. The van der Waals surface area contributed by atoms with Crippen molar-refractivity contribution in [3.63, 3.8) is 0 Å². The van der Waals surface area contributed by atoms with E-state index in [1.807, 2.05) is 0 Å². The van der Waals surface area contributed by atoms with Gasteiger partial charge in [0.1, 0.15) is 11.8 Å². The molecular weight excluding hydrogens is 411 g/mol. The van der Waals surface area contributed by atoms with Crippen LogP contribution in [0.15, 0.2) is 27.8 Å². The van der Waals surface area contributed by atoms with Crippen molar-refractivity contribution in [3.8, 4) is 6.07 Å². The minimum atomic E-state index is -0.623. The standard InChI is InChI=1S/C18H15Cl3N4O2/c19-12-6-11(7-13(20)17(12)21)23-24-15(9-22)18(26)14-8-16(27-25-14)10-4-2-1-3-5-10/h6-8,10,23H,1-5H2/b24-15+. The van der Waals surface area contributed by atoms with E-state index in [4.69, 9.17) is 39.3 Å². The van der Waals surface area contributed by atoms with E-state index in [0.29, 0.717) is 11.4 Å². The Kier molecular flexibility index (Phi) is 6.38. The molecule has 0 unspecified atom stereocenters. The average Bonchev–Trinajstić information content (AvgIpc) is 3.17. The number of aromatic nitrogens is 1. The second kappa shape index (κ2) is 8.75. The molecule has 1 aromatic carbocycles. The topological polar surface area (TPSA) is 91.3 Å². The highest BCUT2D eigenvalue weighted by Crippen LogP contribution is 2.34. The van der Waals surface area contributed by atoms with Crippen molar-refractivity contribution in [2.24, 2.45) is 5.10 Å². The zero-order valence-corrected chi connectivity index (χ0v) is 16.4. The van der Waals surface area contributed by atoms with E-state index < -0.39 is 5.78 Å². The molecule has 0 aliphatic heterocycles. The number of hydrazone groups is 1. The first-order valence-electron chi connectivity index (χ1n) is 8.39. The Morgan fingerprint density at radius 1 is 1.19 bits per heavy atom. The molecule has 0 radical (unpaired) electrons. The first-order valence-corrected chi connectivity index (χ1v) is 9.52. The van der Waals surface area contributed by atoms with Crippen LogP contribution in [0.3, 0.4) is 0 Å². The average molecular weight is 426 g/mol. The van der Waals surface area contributed by atoms with Gasteiger partial charge < -0.3 is 4.52 Å². The zero-order chi connectivity index (χ0) is 19.4. The highest BCUT2D eigenvalue weighted by atomic mass is 35.5. The Balaban J connectivity index is 1.75. The van der Waals surface area contributed by atoms with Crippen LogP contribution in [-0.2, 0) is 0 Å². The summed E-state index contributed by atoms with van der Waals surface area (Å²) in [6, 6.07) is 6.33. The molecule has 6 nitrogen and oxygen atoms in total. The van der Waals surface area contributed by atoms with E-state index in [-0.39, 0.29) is 32.4 Å². The van der Waals surface area contributed by atoms with Crippen molar-refractivity contribution in [2.75, 3.05) is 5.43 Å². The van der Waals surface area contributed by atoms with Gasteiger partial charge >= 0.3 is 0 Å². The molecule has 1 N–H and O–H groups in total. The number of carbonyl (C=O) groups is 1. The minimum absolute atomic E-state index is 0.0600. The summed E-state index contributed by atoms with van der Waals surface area (Å²) in [4.78, 5) is 12.5. The number of nitriles is 1. The number of carbonyl (C=O) groups excluding carboxylic acids is 1. The number of benzene rings is 1. The predicted molar refractivity (Wildman–Crippen MR) is 105 cm³/mol. The maximum absolute atomic E-state index is 12.5. The fourth-order valence-corrected chi connectivity index (χ4v) is 3.56. The minimum Gasteiger partial charge on any atom is -0.360 e. The summed E-state index contributed by atoms with van der Waals surface area (Å²) >= 11 is 17.8. The van der Waals surface area contributed by atoms with Crippen molar-refractivity contribution >= 4 is 52.0 Å². The Morgan fingerprint density at radius 3 is 2.48 bits per heavy atom. The number of halogens is 3. The lowest BCUT2D eigenvalue weighted by molar-refractivity contribution is 0.105. The molecule has 0 atom stereocenters. The number of Topliss-reactive ketones (excluding diaryl/α,β-unsaturated/α-hetero) is 1. The molecule has 1 aliphatic rings. The van der Waals surface area contributed by atoms with Crippen LogP contribution in [0, 0.1) is 11.3 Å². The number of rotatable bonds is 5. The normalized spacial score (nSPS) is 15.4. The third-order valence-corrected chi connectivity index (χ3v) is 5.57. The summed E-state index contributed by atoms with van der Waals surface area (Å²) in [5, 5.41) is 17.6. The molecule has 0 amide bonds. The summed E-state index contributed by atoms with van der Waals surface area (Å²) in [5.41, 5.74) is 2.67. The van der Waals surface area contributed by atoms with Crippen LogP contribution < -0.4 is 5.43 Å². The fraction of sp³-hybridized carbons (Fsp3) is 0.333. The van der Waals surface area contributed by atoms with Crippen LogP contribution in [0.5, 0.6) is 0 Å². The van der Waals surface area contributed by atoms with Crippen molar-refractivity contribution < 1.29 is 9.32 Å². The van der Waals surface area contributed by atoms with Crippen LogP contribution in [0.2, 0.25) is 15.1 Å². The Labute approximate surface area is 171 Å². The Morgan fingerprint density at radius 2 is 1.85 bits per heavy atom. The molecule has 140 valence electrons. The molecule has 27 heavy (non-hydrogen) atoms. The first-order chi connectivity index (χ1) is 13.0. The third-order valence-electron chi connectivity index (χ3n) is 4.37. The molecule has 1 aliphatic carbocycles. The lowest BCUT2D eigenvalue weighted by atomic mass is 9.87. The van der Waals surface area contributed by atoms with Gasteiger partial charge in [0, 0.05) is 12.0 Å². The van der Waals surface area contributed by atoms with Gasteiger partial charge in [-0.3, -0.25) is 10.2 Å². The molecule has 3 rings (SSSR count). The van der Waals surface area contributed by atoms with Crippen LogP contribution >= 0.6 is 34.8 Å². The van der Waals surface area contributed by atoms with Gasteiger partial charge in [-0.1, -0.05) is 59.2 Å². The van der Waals surface area contributed by atoms with Crippen molar-refractivity contribution in [3.05, 3.63) is 44.7 Å². The van der Waals surface area contributed by atoms with Crippen molar-refractivity contribution in [1.82, 2.24) is 5.16 Å². The molecule has 1 aromatic heterocycles. The Hall–Kier alpha value is -2.07. The van der Waals surface area contributed by atoms with Gasteiger partial charge in [-0.15, -0.1) is 0 Å². The quantitative estimate of drug-likeness (QED) is 0.280. The number of ketones is 1. The summed E-state index contributed by atoms with van der Waals surface area (Å²) in [5.74, 6) is 0.327. The van der Waals surface area contributed by atoms with Gasteiger partial charge in [-0.25, -0.2) is 0 Å². The van der Waals surface area contributed by atoms with Crippen LogP contribution in [0.25, 0.3) is 0 Å². The highest BCUT2D eigenvalue weighted by Gasteiger charge is 2.24. The molecular formula is C18H15Cl3N4O2. The zero-order valence-electron chi connectivity index (χ0n) is 14.1. The summed E-state index contributed by atoms with van der Waals surface area (Å²) in [6.45, 7) is 0. The second-order valence-corrected chi connectivity index (χ2v) is 7.41. The molecule has 0 bridgehead atoms. The SMILES string of the molecule is N#C/C(=N\Nc1cc(Cl)c(Cl)c(Cl)c1)C(=O)c1cc(C2CCCCC2)on1. The number of hydrogen-bond donors (Lipinski definition) is 1. The molecule has 1 heterocycles. The molecule has 1 saturated carbocycles. The van der Waals surface area contributed by atoms with Gasteiger partial charge in [-0.2, -0.15) is 10.4 Å². The smallest absolute Gasteiger partial charge is 0.245 e. The van der Waals surface area contributed by atoms with Crippen LogP contribution in [0.4, 0.5) is 5.69 Å². The van der Waals surface area contributed by atoms with Gasteiger partial charge in [0.15, 0.2) is 5.69 Å². The van der Waals surface area contributed by atoms with E-state index in [2.05, 4.69) is 15.7 Å². The van der Waals surface area contributed by atoms with Gasteiger partial charge in [0.05, 0.1) is 20.8 Å². The molecule has 0 saturated heterocycles. The monoisotopic (exact) mass is 424 g/mol. The number of nitrogens with one attached hydrogen (secondary N) is 1. The van der Waals surface area contributed by atoms with Crippen LogP contribution in [-0.4, -0.2) is 16.7 Å². The third kappa shape index (κ3) is 4.62. The van der Waals surface area contributed by atoms with E-state index in [0.717, 1.165) is 25.7 Å². The number of anilines is 1. The molecule has 0 spiro atoms. The summed E-state index contributed by atoms with van der Waals surface area (Å²) < 4.78 is 5.32. The number of nitrogens with zero attached hydrogens (tertiary/aromatic N) is 3. The lowest BCUT2D eigenvalue weighted by Gasteiger charge is -2.18. The van der Waals surface area contributed by atoms with Gasteiger partial charge in [0.25, 0.3) is 0 Å². The molecule has 2 aromatic rings. The molecule has 1 fully saturated rings. The largest absolute Gasteiger partial charge is 0.360 e. The van der Waals surface area contributed by atoms with E-state index in [1.54, 1.807) is 12.1 Å². The number of hydrogen-bond acceptors (Lipinski definition) is 6. The van der Waals surface area contributed by atoms with Gasteiger partial charge in [-0.05, 0) is 25.0 Å². The molecule has 9 heteroatoms. The second-order valence-electron chi connectivity index (χ2n) is 6.22. The van der Waals surface area contributed by atoms with Crippen molar-refractivity contribution in [2.45, 2.75) is 38.0 Å². The maximum Gasteiger partial charge on any atom is 0.245 e. The van der Waals surface area contributed by atoms with Crippen LogP contribution in [0.1, 0.15) is 54.3 Å². The summed E-state index contributed by atoms with van der Waals surface area (Å²) in [6.07, 6.45) is 5.51. The maximum atomic E-state index is 12.5.